The number of amides is 2. The molecule has 4 N–H and O–H groups in total. The highest BCUT2D eigenvalue weighted by Crippen LogP contribution is 2.19. The van der Waals surface area contributed by atoms with Crippen LogP contribution in [0, 0.1) is 11.3 Å². The molecular weight excluding hydrogens is 260 g/mol. The van der Waals surface area contributed by atoms with Crippen molar-refractivity contribution >= 4 is 11.8 Å². The number of aliphatic hydroxyl groups is 2. The fraction of sp³-hybridized carbons (Fsp3) is 0.857. The van der Waals surface area contributed by atoms with E-state index in [1.807, 2.05) is 13.8 Å². The van der Waals surface area contributed by atoms with Gasteiger partial charge in [-0.2, -0.15) is 0 Å². The third-order valence-electron chi connectivity index (χ3n) is 2.98. The third-order valence-corrected chi connectivity index (χ3v) is 2.98. The van der Waals surface area contributed by atoms with Crippen molar-refractivity contribution in [3.05, 3.63) is 0 Å². The van der Waals surface area contributed by atoms with Crippen LogP contribution in [0.2, 0.25) is 0 Å². The van der Waals surface area contributed by atoms with Gasteiger partial charge in [0, 0.05) is 24.9 Å². The fourth-order valence-electron chi connectivity index (χ4n) is 1.40. The van der Waals surface area contributed by atoms with Crippen molar-refractivity contribution in [2.45, 2.75) is 46.6 Å². The van der Waals surface area contributed by atoms with Crippen LogP contribution in [0.1, 0.15) is 40.5 Å². The SMILES string of the molecule is CC(C)CNC(=O)CCCNC(=O)[C@H](O)C(C)(C)CO. The number of rotatable bonds is 9. The zero-order chi connectivity index (χ0) is 15.8. The summed E-state index contributed by atoms with van der Waals surface area (Å²) in [5.41, 5.74) is -0.876. The second-order valence-corrected chi connectivity index (χ2v) is 6.14. The zero-order valence-corrected chi connectivity index (χ0v) is 12.9. The minimum absolute atomic E-state index is 0.0378. The molecule has 0 fully saturated rings. The maximum Gasteiger partial charge on any atom is 0.249 e. The van der Waals surface area contributed by atoms with Gasteiger partial charge in [0.15, 0.2) is 0 Å². The summed E-state index contributed by atoms with van der Waals surface area (Å²) in [4.78, 5) is 23.1. The molecule has 0 saturated heterocycles. The molecule has 0 aromatic heterocycles. The average Bonchev–Trinajstić information content (AvgIpc) is 2.39. The Labute approximate surface area is 120 Å². The van der Waals surface area contributed by atoms with E-state index in [-0.39, 0.29) is 12.5 Å². The molecule has 0 aliphatic heterocycles. The van der Waals surface area contributed by atoms with E-state index in [1.165, 1.54) is 0 Å². The Bertz CT molecular complexity index is 316. The molecule has 0 bridgehead atoms. The summed E-state index contributed by atoms with van der Waals surface area (Å²) in [6, 6.07) is 0. The van der Waals surface area contributed by atoms with Crippen molar-refractivity contribution in [2.75, 3.05) is 19.7 Å². The number of aliphatic hydroxyl groups excluding tert-OH is 2. The minimum Gasteiger partial charge on any atom is -0.396 e. The Kier molecular flexibility index (Phi) is 8.41. The average molecular weight is 288 g/mol. The van der Waals surface area contributed by atoms with Gasteiger partial charge in [-0.1, -0.05) is 27.7 Å². The number of carbonyl (C=O) groups excluding carboxylic acids is 2. The second-order valence-electron chi connectivity index (χ2n) is 6.14. The first kappa shape index (κ1) is 18.9. The largest absolute Gasteiger partial charge is 0.396 e. The van der Waals surface area contributed by atoms with Crippen LogP contribution in [0.5, 0.6) is 0 Å². The molecular formula is C14H28N2O4. The lowest BCUT2D eigenvalue weighted by molar-refractivity contribution is -0.137. The first-order valence-corrected chi connectivity index (χ1v) is 7.04. The van der Waals surface area contributed by atoms with Crippen LogP contribution >= 0.6 is 0 Å². The van der Waals surface area contributed by atoms with Gasteiger partial charge in [0.1, 0.15) is 6.10 Å². The monoisotopic (exact) mass is 288 g/mol. The molecule has 0 unspecified atom stereocenters. The molecule has 0 aromatic rings. The van der Waals surface area contributed by atoms with Gasteiger partial charge in [0.05, 0.1) is 6.61 Å². The molecule has 0 saturated carbocycles. The molecule has 1 atom stereocenters. The smallest absolute Gasteiger partial charge is 0.249 e. The summed E-state index contributed by atoms with van der Waals surface area (Å²) in [5, 5.41) is 24.2. The fourth-order valence-corrected chi connectivity index (χ4v) is 1.40. The quantitative estimate of drug-likeness (QED) is 0.450. The topological polar surface area (TPSA) is 98.7 Å². The lowest BCUT2D eigenvalue weighted by atomic mass is 9.87. The van der Waals surface area contributed by atoms with Crippen molar-refractivity contribution in [1.29, 1.82) is 0 Å². The first-order valence-electron chi connectivity index (χ1n) is 7.04. The molecule has 6 heteroatoms. The number of carbonyl (C=O) groups is 2. The molecule has 0 aliphatic rings. The highest BCUT2D eigenvalue weighted by Gasteiger charge is 2.32. The van der Waals surface area contributed by atoms with Gasteiger partial charge in [-0.15, -0.1) is 0 Å². The predicted octanol–water partition coefficient (Wildman–Crippen LogP) is 0.0344. The molecule has 2 amide bonds. The van der Waals surface area contributed by atoms with Gasteiger partial charge >= 0.3 is 0 Å². The maximum absolute atomic E-state index is 11.6. The molecule has 0 aliphatic carbocycles. The number of nitrogens with one attached hydrogen (secondary N) is 2. The normalized spacial score (nSPS) is 13.2. The minimum atomic E-state index is -1.26. The van der Waals surface area contributed by atoms with Gasteiger partial charge < -0.3 is 20.8 Å². The molecule has 0 heterocycles. The van der Waals surface area contributed by atoms with Gasteiger partial charge in [-0.3, -0.25) is 9.59 Å². The van der Waals surface area contributed by atoms with Gasteiger partial charge in [0.2, 0.25) is 11.8 Å². The van der Waals surface area contributed by atoms with Crippen LogP contribution in [-0.4, -0.2) is 47.8 Å². The van der Waals surface area contributed by atoms with E-state index in [1.54, 1.807) is 13.8 Å². The molecule has 0 aromatic carbocycles. The Morgan fingerprint density at radius 2 is 1.80 bits per heavy atom. The standard InChI is InChI=1S/C14H28N2O4/c1-10(2)8-16-11(18)6-5-7-15-13(20)12(19)14(3,4)9-17/h10,12,17,19H,5-9H2,1-4H3,(H,15,20)(H,16,18)/t12-/m0/s1. The molecule has 0 spiro atoms. The van der Waals surface area contributed by atoms with Crippen LogP contribution < -0.4 is 10.6 Å². The Balaban J connectivity index is 3.85. The number of hydrogen-bond donors (Lipinski definition) is 4. The summed E-state index contributed by atoms with van der Waals surface area (Å²) in [5.74, 6) is -0.148. The second kappa shape index (κ2) is 8.92. The van der Waals surface area contributed by atoms with Crippen LogP contribution in [-0.2, 0) is 9.59 Å². The van der Waals surface area contributed by atoms with Crippen LogP contribution in [0.25, 0.3) is 0 Å². The maximum atomic E-state index is 11.6. The van der Waals surface area contributed by atoms with Crippen molar-refractivity contribution in [1.82, 2.24) is 10.6 Å². The highest BCUT2D eigenvalue weighted by atomic mass is 16.3. The van der Waals surface area contributed by atoms with E-state index in [2.05, 4.69) is 10.6 Å². The van der Waals surface area contributed by atoms with Crippen molar-refractivity contribution in [3.63, 3.8) is 0 Å². The van der Waals surface area contributed by atoms with Crippen molar-refractivity contribution in [2.24, 2.45) is 11.3 Å². The summed E-state index contributed by atoms with van der Waals surface area (Å²) >= 11 is 0. The summed E-state index contributed by atoms with van der Waals surface area (Å²) in [7, 11) is 0. The lowest BCUT2D eigenvalue weighted by Crippen LogP contribution is -2.45. The Hall–Kier alpha value is -1.14. The highest BCUT2D eigenvalue weighted by molar-refractivity contribution is 5.81. The van der Waals surface area contributed by atoms with E-state index in [0.29, 0.717) is 31.8 Å². The molecule has 0 rings (SSSR count). The van der Waals surface area contributed by atoms with E-state index in [4.69, 9.17) is 5.11 Å². The van der Waals surface area contributed by atoms with E-state index in [0.717, 1.165) is 0 Å². The third kappa shape index (κ3) is 7.45. The molecule has 20 heavy (non-hydrogen) atoms. The van der Waals surface area contributed by atoms with E-state index in [9.17, 15) is 14.7 Å². The lowest BCUT2D eigenvalue weighted by Gasteiger charge is -2.27. The predicted molar refractivity (Wildman–Crippen MR) is 77.0 cm³/mol. The van der Waals surface area contributed by atoms with Gasteiger partial charge in [-0.05, 0) is 12.3 Å². The summed E-state index contributed by atoms with van der Waals surface area (Å²) < 4.78 is 0. The van der Waals surface area contributed by atoms with E-state index < -0.39 is 17.4 Å². The van der Waals surface area contributed by atoms with Crippen molar-refractivity contribution in [3.8, 4) is 0 Å². The summed E-state index contributed by atoms with van der Waals surface area (Å²) in [6.45, 7) is 7.95. The van der Waals surface area contributed by atoms with Crippen molar-refractivity contribution < 1.29 is 19.8 Å². The van der Waals surface area contributed by atoms with Crippen LogP contribution in [0.3, 0.4) is 0 Å². The molecule has 118 valence electrons. The van der Waals surface area contributed by atoms with Gasteiger partial charge in [-0.25, -0.2) is 0 Å². The van der Waals surface area contributed by atoms with E-state index >= 15 is 0 Å². The summed E-state index contributed by atoms with van der Waals surface area (Å²) in [6.07, 6.45) is -0.406. The van der Waals surface area contributed by atoms with Crippen LogP contribution in [0.15, 0.2) is 0 Å². The molecule has 6 nitrogen and oxygen atoms in total. The number of hydrogen-bond acceptors (Lipinski definition) is 4. The van der Waals surface area contributed by atoms with Crippen LogP contribution in [0.4, 0.5) is 0 Å². The Morgan fingerprint density at radius 1 is 1.20 bits per heavy atom. The first-order chi connectivity index (χ1) is 9.20. The molecule has 0 radical (unpaired) electrons. The Morgan fingerprint density at radius 3 is 2.30 bits per heavy atom. The van der Waals surface area contributed by atoms with Gasteiger partial charge in [0.25, 0.3) is 0 Å². The zero-order valence-electron chi connectivity index (χ0n) is 12.9.